The predicted octanol–water partition coefficient (Wildman–Crippen LogP) is 4.78. The van der Waals surface area contributed by atoms with Gasteiger partial charge in [0.05, 0.1) is 24.7 Å². The highest BCUT2D eigenvalue weighted by Crippen LogP contribution is 2.42. The lowest BCUT2D eigenvalue weighted by Gasteiger charge is -2.29. The van der Waals surface area contributed by atoms with Gasteiger partial charge in [-0.15, -0.1) is 5.10 Å². The van der Waals surface area contributed by atoms with Gasteiger partial charge < -0.3 is 21.5 Å². The van der Waals surface area contributed by atoms with Crippen molar-refractivity contribution in [1.82, 2.24) is 14.6 Å². The summed E-state index contributed by atoms with van der Waals surface area (Å²) in [6, 6.07) is 10.2. The molecule has 1 aliphatic carbocycles. The van der Waals surface area contributed by atoms with Crippen LogP contribution in [0.15, 0.2) is 47.3 Å². The highest BCUT2D eigenvalue weighted by atomic mass is 32.1. The van der Waals surface area contributed by atoms with Crippen LogP contribution in [0.1, 0.15) is 37.2 Å². The van der Waals surface area contributed by atoms with Gasteiger partial charge in [0, 0.05) is 28.2 Å². The van der Waals surface area contributed by atoms with Crippen LogP contribution >= 0.6 is 11.3 Å². The van der Waals surface area contributed by atoms with Gasteiger partial charge in [-0.2, -0.15) is 11.3 Å². The summed E-state index contributed by atoms with van der Waals surface area (Å²) in [6.07, 6.45) is 5.85. The van der Waals surface area contributed by atoms with Gasteiger partial charge in [-0.1, -0.05) is 0 Å². The number of fused-ring (bicyclic) bond motifs is 1. The first-order valence-corrected chi connectivity index (χ1v) is 11.4. The monoisotopic (exact) mass is 434 g/mol. The number of hydrogen-bond acceptors (Lipinski definition) is 7. The van der Waals surface area contributed by atoms with E-state index in [0.717, 1.165) is 65.3 Å². The molecule has 1 saturated carbocycles. The summed E-state index contributed by atoms with van der Waals surface area (Å²) >= 11 is 1.65. The number of thiophene rings is 1. The molecule has 0 saturated heterocycles. The first-order valence-electron chi connectivity index (χ1n) is 10.5. The van der Waals surface area contributed by atoms with Crippen LogP contribution < -0.4 is 21.5 Å². The Balaban J connectivity index is 1.65. The highest BCUT2D eigenvalue weighted by Gasteiger charge is 2.28. The average molecular weight is 435 g/mol. The molecular formula is C23H26N6OS. The van der Waals surface area contributed by atoms with Crippen molar-refractivity contribution in [2.45, 2.75) is 37.6 Å². The molecule has 0 spiro atoms. The van der Waals surface area contributed by atoms with Crippen LogP contribution in [0.25, 0.3) is 16.9 Å². The lowest BCUT2D eigenvalue weighted by atomic mass is 9.81. The third kappa shape index (κ3) is 3.73. The van der Waals surface area contributed by atoms with Gasteiger partial charge in [0.2, 0.25) is 0 Å². The fraction of sp³-hybridized carbons (Fsp3) is 0.304. The number of aromatic nitrogens is 3. The molecule has 31 heavy (non-hydrogen) atoms. The number of nitrogens with zero attached hydrogens (tertiary/aromatic N) is 3. The van der Waals surface area contributed by atoms with Gasteiger partial charge in [-0.25, -0.2) is 9.50 Å². The van der Waals surface area contributed by atoms with Crippen molar-refractivity contribution < 1.29 is 4.74 Å². The lowest BCUT2D eigenvalue weighted by Crippen LogP contribution is -2.26. The SMILES string of the molecule is COc1ccc(Nc2c3ncc(-c4ccsc4)n3nc(N)c2[C@H]2CC[C@H](N)CC2)cc1. The number of anilines is 3. The number of imidazole rings is 1. The van der Waals surface area contributed by atoms with Gasteiger partial charge >= 0.3 is 0 Å². The Kier molecular flexibility index (Phi) is 5.25. The topological polar surface area (TPSA) is 103 Å². The van der Waals surface area contributed by atoms with Gasteiger partial charge in [-0.05, 0) is 67.3 Å². The zero-order chi connectivity index (χ0) is 21.4. The molecule has 0 radical (unpaired) electrons. The van der Waals surface area contributed by atoms with E-state index in [-0.39, 0.29) is 6.04 Å². The van der Waals surface area contributed by atoms with Gasteiger partial charge in [-0.3, -0.25) is 0 Å². The standard InChI is InChI=1S/C23H26N6OS/c1-30-18-8-6-17(7-9-18)27-21-20(14-2-4-16(24)5-3-14)22(25)28-29-19(12-26-23(21)29)15-10-11-31-13-15/h6-14,16,27H,2-5,24H2,1H3,(H2,25,28)/t14-,16-. The maximum Gasteiger partial charge on any atom is 0.178 e. The van der Waals surface area contributed by atoms with Crippen LogP contribution in [0.4, 0.5) is 17.2 Å². The fourth-order valence-electron chi connectivity index (χ4n) is 4.40. The van der Waals surface area contributed by atoms with Crippen LogP contribution in [0, 0.1) is 0 Å². The summed E-state index contributed by atoms with van der Waals surface area (Å²) in [4.78, 5) is 4.75. The number of methoxy groups -OCH3 is 1. The lowest BCUT2D eigenvalue weighted by molar-refractivity contribution is 0.396. The Labute approximate surface area is 185 Å². The fourth-order valence-corrected chi connectivity index (χ4v) is 5.05. The van der Waals surface area contributed by atoms with E-state index in [4.69, 9.17) is 26.3 Å². The number of nitrogens with two attached hydrogens (primary N) is 2. The van der Waals surface area contributed by atoms with Crippen LogP contribution in [0.3, 0.4) is 0 Å². The third-order valence-corrected chi connectivity index (χ3v) is 6.75. The van der Waals surface area contributed by atoms with Gasteiger partial charge in [0.15, 0.2) is 5.65 Å². The first-order chi connectivity index (χ1) is 15.1. The maximum absolute atomic E-state index is 6.59. The molecular weight excluding hydrogens is 408 g/mol. The maximum atomic E-state index is 6.59. The largest absolute Gasteiger partial charge is 0.497 e. The number of benzene rings is 1. The summed E-state index contributed by atoms with van der Waals surface area (Å²) < 4.78 is 7.15. The number of hydrogen-bond donors (Lipinski definition) is 3. The zero-order valence-corrected chi connectivity index (χ0v) is 18.2. The Bertz CT molecular complexity index is 1180. The second-order valence-electron chi connectivity index (χ2n) is 8.03. The number of ether oxygens (including phenoxy) is 1. The molecule has 4 aromatic rings. The molecule has 1 aliphatic rings. The molecule has 0 unspecified atom stereocenters. The molecule has 0 amide bonds. The molecule has 160 valence electrons. The van der Waals surface area contributed by atoms with Crippen molar-refractivity contribution in [3.63, 3.8) is 0 Å². The molecule has 0 atom stereocenters. The normalized spacial score (nSPS) is 18.9. The van der Waals surface area contributed by atoms with Crippen LogP contribution in [0.5, 0.6) is 5.75 Å². The quantitative estimate of drug-likeness (QED) is 0.418. The molecule has 8 heteroatoms. The zero-order valence-electron chi connectivity index (χ0n) is 17.4. The Morgan fingerprint density at radius 2 is 1.90 bits per heavy atom. The molecule has 0 aliphatic heterocycles. The van der Waals surface area contributed by atoms with Gasteiger partial charge in [0.25, 0.3) is 0 Å². The van der Waals surface area contributed by atoms with E-state index in [0.29, 0.717) is 11.7 Å². The molecule has 5 rings (SSSR count). The van der Waals surface area contributed by atoms with Gasteiger partial charge in [0.1, 0.15) is 11.6 Å². The van der Waals surface area contributed by atoms with E-state index < -0.39 is 0 Å². The van der Waals surface area contributed by atoms with Crippen molar-refractivity contribution in [3.8, 4) is 17.0 Å². The molecule has 3 heterocycles. The average Bonchev–Trinajstić information content (AvgIpc) is 3.45. The van der Waals surface area contributed by atoms with Crippen LogP contribution in [-0.2, 0) is 0 Å². The second kappa shape index (κ2) is 8.20. The van der Waals surface area contributed by atoms with E-state index in [2.05, 4.69) is 16.8 Å². The van der Waals surface area contributed by atoms with Crippen molar-refractivity contribution >= 4 is 34.2 Å². The van der Waals surface area contributed by atoms with Crippen molar-refractivity contribution in [2.24, 2.45) is 5.73 Å². The number of nitrogens with one attached hydrogen (secondary N) is 1. The van der Waals surface area contributed by atoms with Crippen molar-refractivity contribution in [2.75, 3.05) is 18.2 Å². The summed E-state index contributed by atoms with van der Waals surface area (Å²) in [5.74, 6) is 1.66. The predicted molar refractivity (Wildman–Crippen MR) is 126 cm³/mol. The minimum Gasteiger partial charge on any atom is -0.497 e. The van der Waals surface area contributed by atoms with Crippen LogP contribution in [0.2, 0.25) is 0 Å². The number of rotatable bonds is 5. The Morgan fingerprint density at radius 1 is 1.13 bits per heavy atom. The number of nitrogen functional groups attached to an aromatic ring is 1. The van der Waals surface area contributed by atoms with Crippen LogP contribution in [-0.4, -0.2) is 27.7 Å². The smallest absolute Gasteiger partial charge is 0.178 e. The summed E-state index contributed by atoms with van der Waals surface area (Å²) in [5, 5.41) is 12.5. The van der Waals surface area contributed by atoms with E-state index >= 15 is 0 Å². The molecule has 0 bridgehead atoms. The molecule has 1 aromatic carbocycles. The molecule has 3 aromatic heterocycles. The van der Waals surface area contributed by atoms with E-state index in [1.165, 1.54) is 0 Å². The molecule has 7 nitrogen and oxygen atoms in total. The molecule has 1 fully saturated rings. The second-order valence-corrected chi connectivity index (χ2v) is 8.81. The first kappa shape index (κ1) is 19.8. The Morgan fingerprint density at radius 3 is 2.58 bits per heavy atom. The summed E-state index contributed by atoms with van der Waals surface area (Å²) in [7, 11) is 1.66. The van der Waals surface area contributed by atoms with E-state index in [9.17, 15) is 0 Å². The summed E-state index contributed by atoms with van der Waals surface area (Å²) in [6.45, 7) is 0. The van der Waals surface area contributed by atoms with Crippen molar-refractivity contribution in [1.29, 1.82) is 0 Å². The van der Waals surface area contributed by atoms with Crippen molar-refractivity contribution in [3.05, 3.63) is 52.9 Å². The van der Waals surface area contributed by atoms with E-state index in [1.807, 2.05) is 40.4 Å². The van der Waals surface area contributed by atoms with E-state index in [1.54, 1.807) is 18.4 Å². The Hall–Kier alpha value is -3.10. The summed E-state index contributed by atoms with van der Waals surface area (Å²) in [5.41, 5.74) is 18.4. The third-order valence-electron chi connectivity index (χ3n) is 6.07. The minimum absolute atomic E-state index is 0.267. The highest BCUT2D eigenvalue weighted by molar-refractivity contribution is 7.08. The minimum atomic E-state index is 0.267. The molecule has 5 N–H and O–H groups in total.